The molecule has 90 valence electrons. The second-order valence-corrected chi connectivity index (χ2v) is 4.96. The fourth-order valence-electron chi connectivity index (χ4n) is 2.49. The molecule has 0 radical (unpaired) electrons. The van der Waals surface area contributed by atoms with Gasteiger partial charge in [-0.2, -0.15) is 0 Å². The molecule has 0 bridgehead atoms. The van der Waals surface area contributed by atoms with Crippen LogP contribution in [-0.2, 0) is 13.1 Å². The highest BCUT2D eigenvalue weighted by atomic mass is 15.0. The fourth-order valence-corrected chi connectivity index (χ4v) is 2.49. The van der Waals surface area contributed by atoms with Crippen LogP contribution in [0.4, 0.5) is 0 Å². The van der Waals surface area contributed by atoms with Gasteiger partial charge < -0.3 is 9.88 Å². The van der Waals surface area contributed by atoms with Gasteiger partial charge >= 0.3 is 0 Å². The summed E-state index contributed by atoms with van der Waals surface area (Å²) in [6.45, 7) is 6.70. The molecule has 2 atom stereocenters. The molecule has 1 aliphatic rings. The summed E-state index contributed by atoms with van der Waals surface area (Å²) < 4.78 is 2.37. The summed E-state index contributed by atoms with van der Waals surface area (Å²) in [6, 6.07) is 5.19. The highest BCUT2D eigenvalue weighted by Crippen LogP contribution is 2.34. The maximum absolute atomic E-state index is 3.67. The minimum absolute atomic E-state index is 0.796. The molecular formula is C14H24N2. The minimum Gasteiger partial charge on any atom is -0.350 e. The normalized spacial score (nSPS) is 23.6. The number of rotatable bonds is 7. The highest BCUT2D eigenvalue weighted by Gasteiger charge is 2.35. The van der Waals surface area contributed by atoms with Crippen molar-refractivity contribution in [3.63, 3.8) is 0 Å². The molecule has 0 amide bonds. The second kappa shape index (κ2) is 5.53. The Bertz CT molecular complexity index is 316. The van der Waals surface area contributed by atoms with Gasteiger partial charge in [-0.05, 0) is 37.3 Å². The van der Waals surface area contributed by atoms with E-state index in [0.717, 1.165) is 25.0 Å². The van der Waals surface area contributed by atoms with E-state index in [2.05, 4.69) is 42.1 Å². The zero-order valence-corrected chi connectivity index (χ0v) is 10.6. The molecule has 2 heteroatoms. The summed E-state index contributed by atoms with van der Waals surface area (Å²) in [5.74, 6) is 0.958. The third-order valence-electron chi connectivity index (χ3n) is 3.52. The average molecular weight is 220 g/mol. The maximum Gasteiger partial charge on any atom is 0.0361 e. The van der Waals surface area contributed by atoms with Crippen molar-refractivity contribution >= 4 is 0 Å². The number of aromatic nitrogens is 1. The third-order valence-corrected chi connectivity index (χ3v) is 3.52. The Morgan fingerprint density at radius 2 is 2.25 bits per heavy atom. The van der Waals surface area contributed by atoms with E-state index in [4.69, 9.17) is 0 Å². The van der Waals surface area contributed by atoms with Crippen molar-refractivity contribution in [1.29, 1.82) is 0 Å². The number of nitrogens with zero attached hydrogens (tertiary/aromatic N) is 1. The van der Waals surface area contributed by atoms with Crippen LogP contribution in [0.1, 0.15) is 45.2 Å². The molecule has 1 heterocycles. The predicted molar refractivity (Wildman–Crippen MR) is 68.4 cm³/mol. The molecule has 1 aromatic heterocycles. The topological polar surface area (TPSA) is 17.0 Å². The lowest BCUT2D eigenvalue weighted by molar-refractivity contribution is 0.567. The molecule has 2 unspecified atom stereocenters. The summed E-state index contributed by atoms with van der Waals surface area (Å²) in [5, 5.41) is 3.67. The molecule has 0 aliphatic heterocycles. The smallest absolute Gasteiger partial charge is 0.0361 e. The van der Waals surface area contributed by atoms with Crippen molar-refractivity contribution in [2.75, 3.05) is 0 Å². The monoisotopic (exact) mass is 220 g/mol. The van der Waals surface area contributed by atoms with E-state index in [9.17, 15) is 0 Å². The van der Waals surface area contributed by atoms with Gasteiger partial charge in [0.15, 0.2) is 0 Å². The summed E-state index contributed by atoms with van der Waals surface area (Å²) in [5.41, 5.74) is 1.43. The summed E-state index contributed by atoms with van der Waals surface area (Å²) >= 11 is 0. The second-order valence-electron chi connectivity index (χ2n) is 4.96. The van der Waals surface area contributed by atoms with Crippen LogP contribution in [0.2, 0.25) is 0 Å². The van der Waals surface area contributed by atoms with Gasteiger partial charge in [0.05, 0.1) is 0 Å². The highest BCUT2D eigenvalue weighted by molar-refractivity contribution is 5.08. The van der Waals surface area contributed by atoms with Crippen LogP contribution in [0.25, 0.3) is 0 Å². The third kappa shape index (κ3) is 2.88. The van der Waals surface area contributed by atoms with Crippen LogP contribution in [0, 0.1) is 5.92 Å². The summed E-state index contributed by atoms with van der Waals surface area (Å²) in [4.78, 5) is 0. The van der Waals surface area contributed by atoms with Crippen LogP contribution in [0.3, 0.4) is 0 Å². The Morgan fingerprint density at radius 1 is 1.38 bits per heavy atom. The molecule has 0 saturated heterocycles. The fraction of sp³-hybridized carbons (Fsp3) is 0.714. The Kier molecular flexibility index (Phi) is 4.05. The quantitative estimate of drug-likeness (QED) is 0.747. The first-order valence-corrected chi connectivity index (χ1v) is 6.72. The van der Waals surface area contributed by atoms with E-state index >= 15 is 0 Å². The molecule has 1 N–H and O–H groups in total. The lowest BCUT2D eigenvalue weighted by Crippen LogP contribution is -2.19. The summed E-state index contributed by atoms with van der Waals surface area (Å²) in [6.07, 6.45) is 7.52. The number of hydrogen-bond acceptors (Lipinski definition) is 1. The van der Waals surface area contributed by atoms with E-state index in [1.54, 1.807) is 0 Å². The number of nitrogens with one attached hydrogen (secondary N) is 1. The van der Waals surface area contributed by atoms with Crippen LogP contribution in [0.5, 0.6) is 0 Å². The van der Waals surface area contributed by atoms with E-state index in [0.29, 0.717) is 0 Å². The van der Waals surface area contributed by atoms with Gasteiger partial charge in [0, 0.05) is 31.0 Å². The van der Waals surface area contributed by atoms with Crippen molar-refractivity contribution in [1.82, 2.24) is 9.88 Å². The van der Waals surface area contributed by atoms with Gasteiger partial charge in [0.1, 0.15) is 0 Å². The molecule has 0 aromatic carbocycles. The first-order chi connectivity index (χ1) is 7.85. The van der Waals surface area contributed by atoms with Crippen molar-refractivity contribution in [3.8, 4) is 0 Å². The van der Waals surface area contributed by atoms with E-state index in [1.165, 1.54) is 31.4 Å². The summed E-state index contributed by atoms with van der Waals surface area (Å²) in [7, 11) is 0. The van der Waals surface area contributed by atoms with Crippen molar-refractivity contribution in [2.45, 2.75) is 58.7 Å². The van der Waals surface area contributed by atoms with E-state index in [1.807, 2.05) is 0 Å². The van der Waals surface area contributed by atoms with Crippen molar-refractivity contribution < 1.29 is 0 Å². The van der Waals surface area contributed by atoms with Crippen LogP contribution < -0.4 is 5.32 Å². The first-order valence-electron chi connectivity index (χ1n) is 6.72. The van der Waals surface area contributed by atoms with Crippen LogP contribution >= 0.6 is 0 Å². The molecule has 16 heavy (non-hydrogen) atoms. The van der Waals surface area contributed by atoms with Gasteiger partial charge in [0.25, 0.3) is 0 Å². The Balaban J connectivity index is 1.75. The van der Waals surface area contributed by atoms with E-state index in [-0.39, 0.29) is 0 Å². The number of hydrogen-bond donors (Lipinski definition) is 1. The Morgan fingerprint density at radius 3 is 3.00 bits per heavy atom. The standard InChI is InChI=1S/C14H24N2/c1-3-6-12-10-14(12)15-11-13-7-5-9-16(13)8-4-2/h5,7,9,12,14-15H,3-4,6,8,10-11H2,1-2H3. The van der Waals surface area contributed by atoms with Gasteiger partial charge in [-0.25, -0.2) is 0 Å². The lowest BCUT2D eigenvalue weighted by atomic mass is 10.2. The van der Waals surface area contributed by atoms with Crippen LogP contribution in [-0.4, -0.2) is 10.6 Å². The van der Waals surface area contributed by atoms with Crippen molar-refractivity contribution in [3.05, 3.63) is 24.0 Å². The molecular weight excluding hydrogens is 196 g/mol. The molecule has 2 nitrogen and oxygen atoms in total. The SMILES string of the molecule is CCCC1CC1NCc1cccn1CCC. The lowest BCUT2D eigenvalue weighted by Gasteiger charge is -2.09. The molecule has 0 spiro atoms. The predicted octanol–water partition coefficient (Wildman–Crippen LogP) is 3.18. The van der Waals surface area contributed by atoms with Crippen LogP contribution in [0.15, 0.2) is 18.3 Å². The minimum atomic E-state index is 0.796. The van der Waals surface area contributed by atoms with Gasteiger partial charge in [-0.1, -0.05) is 20.3 Å². The Hall–Kier alpha value is -0.760. The average Bonchev–Trinajstić information content (AvgIpc) is 2.86. The van der Waals surface area contributed by atoms with E-state index < -0.39 is 0 Å². The Labute approximate surface area is 99.0 Å². The largest absolute Gasteiger partial charge is 0.350 e. The molecule has 2 rings (SSSR count). The maximum atomic E-state index is 3.67. The van der Waals surface area contributed by atoms with Gasteiger partial charge in [-0.3, -0.25) is 0 Å². The zero-order chi connectivity index (χ0) is 11.4. The van der Waals surface area contributed by atoms with Gasteiger partial charge in [-0.15, -0.1) is 0 Å². The zero-order valence-electron chi connectivity index (χ0n) is 10.6. The molecule has 1 fully saturated rings. The van der Waals surface area contributed by atoms with Crippen molar-refractivity contribution in [2.24, 2.45) is 5.92 Å². The first kappa shape index (κ1) is 11.7. The van der Waals surface area contributed by atoms with Gasteiger partial charge in [0.2, 0.25) is 0 Å². The number of aryl methyl sites for hydroxylation is 1. The molecule has 1 saturated carbocycles. The molecule has 1 aliphatic carbocycles. The molecule has 1 aromatic rings.